The molecule has 0 fully saturated rings. The summed E-state index contributed by atoms with van der Waals surface area (Å²) in [6.45, 7) is 0. The zero-order chi connectivity index (χ0) is 18.8. The maximum atomic E-state index is 12.2. The van der Waals surface area contributed by atoms with E-state index in [4.69, 9.17) is 18.9 Å². The Morgan fingerprint density at radius 2 is 1.08 bits per heavy atom. The Labute approximate surface area is 144 Å². The number of methoxy groups -OCH3 is 4. The third kappa shape index (κ3) is 2.95. The highest BCUT2D eigenvalue weighted by atomic mass is 16.5. The van der Waals surface area contributed by atoms with Gasteiger partial charge in [0.25, 0.3) is 0 Å². The fourth-order valence-corrected chi connectivity index (χ4v) is 3.05. The van der Waals surface area contributed by atoms with Gasteiger partial charge in [0.05, 0.1) is 39.6 Å². The van der Waals surface area contributed by atoms with Crippen molar-refractivity contribution < 1.29 is 38.1 Å². The monoisotopic (exact) mass is 350 g/mol. The van der Waals surface area contributed by atoms with E-state index in [-0.39, 0.29) is 24.0 Å². The topological polar surface area (TPSA) is 105 Å². The molecule has 2 rings (SSSR count). The first-order valence-corrected chi connectivity index (χ1v) is 7.33. The van der Waals surface area contributed by atoms with E-state index in [9.17, 15) is 19.2 Å². The second-order valence-electron chi connectivity index (χ2n) is 5.57. The minimum absolute atomic E-state index is 0.00127. The first-order valence-electron chi connectivity index (χ1n) is 7.33. The largest absolute Gasteiger partial charge is 0.468 e. The van der Waals surface area contributed by atoms with Gasteiger partial charge in [-0.3, -0.25) is 9.59 Å². The van der Waals surface area contributed by atoms with Crippen molar-refractivity contribution in [2.24, 2.45) is 5.41 Å². The van der Waals surface area contributed by atoms with Crippen LogP contribution in [0.2, 0.25) is 0 Å². The molecule has 0 heterocycles. The molecule has 0 N–H and O–H groups in total. The Hall–Kier alpha value is -2.90. The number of hydrogen-bond acceptors (Lipinski definition) is 8. The fourth-order valence-electron chi connectivity index (χ4n) is 3.05. The number of ether oxygens (including phenoxy) is 4. The molecule has 8 nitrogen and oxygen atoms in total. The Morgan fingerprint density at radius 3 is 1.36 bits per heavy atom. The van der Waals surface area contributed by atoms with Gasteiger partial charge in [0.15, 0.2) is 5.41 Å². The zero-order valence-electron chi connectivity index (χ0n) is 14.3. The summed E-state index contributed by atoms with van der Waals surface area (Å²) >= 11 is 0. The predicted octanol–water partition coefficient (Wildman–Crippen LogP) is 0.691. The third-order valence-corrected chi connectivity index (χ3v) is 4.29. The van der Waals surface area contributed by atoms with Crippen molar-refractivity contribution in [2.45, 2.75) is 12.8 Å². The van der Waals surface area contributed by atoms with Gasteiger partial charge in [-0.25, -0.2) is 9.59 Å². The van der Waals surface area contributed by atoms with Crippen LogP contribution in [0.4, 0.5) is 0 Å². The lowest BCUT2D eigenvalue weighted by Crippen LogP contribution is -2.42. The fraction of sp³-hybridized carbons (Fsp3) is 0.412. The average molecular weight is 350 g/mol. The van der Waals surface area contributed by atoms with Gasteiger partial charge in [-0.1, -0.05) is 0 Å². The van der Waals surface area contributed by atoms with Crippen LogP contribution in [-0.2, 0) is 41.4 Å². The first-order chi connectivity index (χ1) is 11.8. The van der Waals surface area contributed by atoms with Crippen molar-refractivity contribution in [3.05, 3.63) is 34.4 Å². The summed E-state index contributed by atoms with van der Waals surface area (Å²) in [5.41, 5.74) is -0.432. The number of carbonyl (C=O) groups is 4. The van der Waals surface area contributed by atoms with E-state index in [2.05, 4.69) is 0 Å². The molecule has 0 atom stereocenters. The summed E-state index contributed by atoms with van der Waals surface area (Å²) < 4.78 is 18.9. The minimum Gasteiger partial charge on any atom is -0.468 e. The normalized spacial score (nSPS) is 14.2. The smallest absolute Gasteiger partial charge is 0.338 e. The molecule has 0 saturated heterocycles. The van der Waals surface area contributed by atoms with Crippen LogP contribution < -0.4 is 0 Å². The van der Waals surface area contributed by atoms with Gasteiger partial charge in [-0.15, -0.1) is 0 Å². The molecule has 0 saturated carbocycles. The lowest BCUT2D eigenvalue weighted by Gasteiger charge is -2.22. The Balaban J connectivity index is 2.60. The number of benzene rings is 1. The molecule has 134 valence electrons. The average Bonchev–Trinajstić information content (AvgIpc) is 3.03. The van der Waals surface area contributed by atoms with E-state index in [0.717, 1.165) is 0 Å². The summed E-state index contributed by atoms with van der Waals surface area (Å²) in [6.07, 6.45) is -0.0136. The second-order valence-corrected chi connectivity index (χ2v) is 5.57. The Kier molecular flexibility index (Phi) is 5.10. The molecule has 0 spiro atoms. The van der Waals surface area contributed by atoms with Gasteiger partial charge in [0, 0.05) is 0 Å². The molecule has 0 aromatic heterocycles. The third-order valence-electron chi connectivity index (χ3n) is 4.29. The van der Waals surface area contributed by atoms with Crippen LogP contribution >= 0.6 is 0 Å². The van der Waals surface area contributed by atoms with E-state index in [0.29, 0.717) is 11.1 Å². The van der Waals surface area contributed by atoms with Gasteiger partial charge in [-0.05, 0) is 36.1 Å². The van der Waals surface area contributed by atoms with E-state index in [1.54, 1.807) is 0 Å². The lowest BCUT2D eigenvalue weighted by molar-refractivity contribution is -0.168. The summed E-state index contributed by atoms with van der Waals surface area (Å²) in [6, 6.07) is 2.86. The predicted molar refractivity (Wildman–Crippen MR) is 83.0 cm³/mol. The highest BCUT2D eigenvalue weighted by molar-refractivity contribution is 6.05. The lowest BCUT2D eigenvalue weighted by atomic mass is 9.85. The number of fused-ring (bicyclic) bond motifs is 1. The molecule has 0 amide bonds. The summed E-state index contributed by atoms with van der Waals surface area (Å²) in [5.74, 6) is -2.93. The highest BCUT2D eigenvalue weighted by Crippen LogP contribution is 2.40. The minimum atomic E-state index is -1.55. The van der Waals surface area contributed by atoms with Crippen LogP contribution in [-0.4, -0.2) is 52.3 Å². The molecule has 1 aliphatic rings. The molecule has 1 aromatic carbocycles. The summed E-state index contributed by atoms with van der Waals surface area (Å²) in [5, 5.41) is 0. The Morgan fingerprint density at radius 1 is 0.720 bits per heavy atom. The molecule has 0 radical (unpaired) electrons. The van der Waals surface area contributed by atoms with Gasteiger partial charge >= 0.3 is 23.9 Å². The number of esters is 4. The van der Waals surface area contributed by atoms with Gasteiger partial charge in [-0.2, -0.15) is 0 Å². The second kappa shape index (κ2) is 6.92. The molecular formula is C17H18O8. The van der Waals surface area contributed by atoms with Crippen LogP contribution in [0.25, 0.3) is 0 Å². The number of hydrogen-bond donors (Lipinski definition) is 0. The van der Waals surface area contributed by atoms with Crippen LogP contribution in [0.3, 0.4) is 0 Å². The molecule has 1 aliphatic carbocycles. The molecule has 8 heteroatoms. The molecule has 0 bridgehead atoms. The maximum Gasteiger partial charge on any atom is 0.338 e. The SMILES string of the molecule is COC(=O)c1cc2c(cc1C(=O)OC)CC(C(=O)OC)(C(=O)OC)C2. The Bertz CT molecular complexity index is 686. The van der Waals surface area contributed by atoms with Crippen molar-refractivity contribution in [1.82, 2.24) is 0 Å². The first kappa shape index (κ1) is 18.4. The van der Waals surface area contributed by atoms with Crippen molar-refractivity contribution in [2.75, 3.05) is 28.4 Å². The number of carbonyl (C=O) groups excluding carboxylic acids is 4. The number of rotatable bonds is 4. The van der Waals surface area contributed by atoms with Crippen LogP contribution in [0.15, 0.2) is 12.1 Å². The molecule has 0 unspecified atom stereocenters. The van der Waals surface area contributed by atoms with E-state index >= 15 is 0 Å². The highest BCUT2D eigenvalue weighted by Gasteiger charge is 2.53. The van der Waals surface area contributed by atoms with Crippen molar-refractivity contribution >= 4 is 23.9 Å². The molecule has 0 aliphatic heterocycles. The van der Waals surface area contributed by atoms with E-state index in [1.165, 1.54) is 40.6 Å². The van der Waals surface area contributed by atoms with Crippen molar-refractivity contribution in [3.8, 4) is 0 Å². The van der Waals surface area contributed by atoms with Gasteiger partial charge in [0.2, 0.25) is 0 Å². The van der Waals surface area contributed by atoms with E-state index < -0.39 is 29.3 Å². The zero-order valence-corrected chi connectivity index (χ0v) is 14.3. The van der Waals surface area contributed by atoms with Crippen LogP contribution in [0, 0.1) is 5.41 Å². The van der Waals surface area contributed by atoms with Crippen LogP contribution in [0.1, 0.15) is 31.8 Å². The van der Waals surface area contributed by atoms with Gasteiger partial charge < -0.3 is 18.9 Å². The molecule has 25 heavy (non-hydrogen) atoms. The standard InChI is InChI=1S/C17H18O8/c1-22-13(18)11-5-9-7-17(15(20)24-3,16(21)25-4)8-10(9)6-12(11)14(19)23-2/h5-6H,7-8H2,1-4H3. The summed E-state index contributed by atoms with van der Waals surface area (Å²) in [4.78, 5) is 48.5. The molecule has 1 aromatic rings. The summed E-state index contributed by atoms with van der Waals surface area (Å²) in [7, 11) is 4.72. The van der Waals surface area contributed by atoms with Crippen molar-refractivity contribution in [3.63, 3.8) is 0 Å². The van der Waals surface area contributed by atoms with Gasteiger partial charge in [0.1, 0.15) is 0 Å². The van der Waals surface area contributed by atoms with E-state index in [1.807, 2.05) is 0 Å². The molecular weight excluding hydrogens is 332 g/mol. The quantitative estimate of drug-likeness (QED) is 0.444. The van der Waals surface area contributed by atoms with Crippen LogP contribution in [0.5, 0.6) is 0 Å². The maximum absolute atomic E-state index is 12.2. The van der Waals surface area contributed by atoms with Crippen molar-refractivity contribution in [1.29, 1.82) is 0 Å².